The maximum absolute atomic E-state index is 9.76. The van der Waals surface area contributed by atoms with E-state index in [1.165, 1.54) is 0 Å². The Bertz CT molecular complexity index is 676. The van der Waals surface area contributed by atoms with Gasteiger partial charge >= 0.3 is 6.92 Å². The summed E-state index contributed by atoms with van der Waals surface area (Å²) in [5, 5.41) is 13.0. The average Bonchev–Trinajstić information content (AvgIpc) is 2.49. The molecule has 0 amide bonds. The smallest absolute Gasteiger partial charge is 0.320 e. The molecule has 114 valence electrons. The van der Waals surface area contributed by atoms with E-state index >= 15 is 0 Å². The number of nitrogens with one attached hydrogen (secondary N) is 1. The third kappa shape index (κ3) is 3.78. The van der Waals surface area contributed by atoms with E-state index in [-0.39, 0.29) is 5.17 Å². The molecular weight excluding hydrogens is 297 g/mol. The summed E-state index contributed by atoms with van der Waals surface area (Å²) < 4.78 is 10.9. The summed E-state index contributed by atoms with van der Waals surface area (Å²) in [6, 6.07) is 12.9. The molecule has 0 aromatic heterocycles. The van der Waals surface area contributed by atoms with Gasteiger partial charge in [0.2, 0.25) is 0 Å². The minimum Gasteiger partial charge on any atom is -0.493 e. The van der Waals surface area contributed by atoms with E-state index in [0.29, 0.717) is 11.5 Å². The van der Waals surface area contributed by atoms with Gasteiger partial charge in [0.15, 0.2) is 11.5 Å². The highest BCUT2D eigenvalue weighted by molar-refractivity contribution is 7.80. The number of para-hydroxylation sites is 2. The number of methoxy groups -OCH3 is 1. The fourth-order valence-corrected chi connectivity index (χ4v) is 2.38. The van der Waals surface area contributed by atoms with Crippen LogP contribution in [0.1, 0.15) is 5.56 Å². The predicted octanol–water partition coefficient (Wildman–Crippen LogP) is 2.60. The molecule has 0 aliphatic rings. The number of ether oxygens (including phenoxy) is 2. The van der Waals surface area contributed by atoms with Crippen LogP contribution in [0.15, 0.2) is 42.5 Å². The highest BCUT2D eigenvalue weighted by Crippen LogP contribution is 2.26. The van der Waals surface area contributed by atoms with Gasteiger partial charge in [0.05, 0.1) is 7.11 Å². The summed E-state index contributed by atoms with van der Waals surface area (Å²) in [7, 11) is 1.58. The van der Waals surface area contributed by atoms with E-state index in [1.807, 2.05) is 37.3 Å². The maximum Gasteiger partial charge on any atom is 0.320 e. The number of rotatable bonds is 4. The first-order valence-corrected chi connectivity index (χ1v) is 7.33. The number of anilines is 1. The molecule has 0 saturated heterocycles. The summed E-state index contributed by atoms with van der Waals surface area (Å²) in [5.41, 5.74) is 2.59. The zero-order valence-electron chi connectivity index (χ0n) is 12.8. The zero-order valence-corrected chi connectivity index (χ0v) is 13.6. The highest BCUT2D eigenvalue weighted by Gasteiger charge is 2.13. The van der Waals surface area contributed by atoms with Crippen molar-refractivity contribution in [3.63, 3.8) is 0 Å². The minimum atomic E-state index is -0.537. The first-order chi connectivity index (χ1) is 10.5. The first kappa shape index (κ1) is 16.3. The molecule has 0 unspecified atom stereocenters. The Hall–Kier alpha value is -2.05. The van der Waals surface area contributed by atoms with Gasteiger partial charge < -0.3 is 19.8 Å². The molecule has 0 fully saturated rings. The van der Waals surface area contributed by atoms with Crippen molar-refractivity contribution in [2.75, 3.05) is 12.4 Å². The monoisotopic (exact) mass is 315 g/mol. The Balaban J connectivity index is 2.14. The lowest BCUT2D eigenvalue weighted by Crippen LogP contribution is -2.30. The lowest BCUT2D eigenvalue weighted by atomic mass is 9.62. The van der Waals surface area contributed by atoms with E-state index in [9.17, 15) is 5.02 Å². The van der Waals surface area contributed by atoms with Crippen LogP contribution in [0.2, 0.25) is 6.82 Å². The molecule has 0 radical (unpaired) electrons. The molecule has 0 spiro atoms. The molecule has 0 heterocycles. The molecule has 0 saturated carbocycles. The highest BCUT2D eigenvalue weighted by atomic mass is 32.1. The molecule has 0 aliphatic heterocycles. The van der Waals surface area contributed by atoms with E-state index in [1.54, 1.807) is 26.1 Å². The molecule has 2 aromatic rings. The van der Waals surface area contributed by atoms with Crippen molar-refractivity contribution in [1.29, 1.82) is 0 Å². The molecule has 6 heteroatoms. The third-order valence-electron chi connectivity index (χ3n) is 3.33. The van der Waals surface area contributed by atoms with Gasteiger partial charge in [-0.1, -0.05) is 31.1 Å². The summed E-state index contributed by atoms with van der Waals surface area (Å²) in [6.07, 6.45) is 0. The zero-order chi connectivity index (χ0) is 16.1. The van der Waals surface area contributed by atoms with Crippen LogP contribution in [0.3, 0.4) is 0 Å². The van der Waals surface area contributed by atoms with Crippen LogP contribution in [-0.4, -0.2) is 24.2 Å². The number of thiocarbonyl (C=S) groups is 1. The van der Waals surface area contributed by atoms with Gasteiger partial charge in [-0.05, 0) is 48.4 Å². The van der Waals surface area contributed by atoms with Gasteiger partial charge in [0.1, 0.15) is 0 Å². The molecule has 2 rings (SSSR count). The normalized spacial score (nSPS) is 10.0. The molecule has 4 nitrogen and oxygen atoms in total. The van der Waals surface area contributed by atoms with Gasteiger partial charge in [-0.25, -0.2) is 0 Å². The molecule has 22 heavy (non-hydrogen) atoms. The van der Waals surface area contributed by atoms with Gasteiger partial charge in [0.25, 0.3) is 5.17 Å². The molecular formula is C16H18BNO3S. The molecule has 0 atom stereocenters. The second-order valence-corrected chi connectivity index (χ2v) is 5.23. The molecule has 0 bridgehead atoms. The van der Waals surface area contributed by atoms with Gasteiger partial charge in [-0.15, -0.1) is 0 Å². The summed E-state index contributed by atoms with van der Waals surface area (Å²) in [4.78, 5) is 0. The Morgan fingerprint density at radius 1 is 1.14 bits per heavy atom. The lowest BCUT2D eigenvalue weighted by molar-refractivity contribution is 0.392. The van der Waals surface area contributed by atoms with Crippen molar-refractivity contribution in [3.8, 4) is 11.5 Å². The number of hydrogen-bond donors (Lipinski definition) is 2. The number of hydrogen-bond acceptors (Lipinski definition) is 4. The van der Waals surface area contributed by atoms with E-state index < -0.39 is 6.92 Å². The van der Waals surface area contributed by atoms with Crippen LogP contribution < -0.4 is 20.3 Å². The first-order valence-electron chi connectivity index (χ1n) is 6.92. The SMILES string of the molecule is COc1ccccc1OC(=S)Nc1cccc(B(C)O)c1C. The third-order valence-corrected chi connectivity index (χ3v) is 3.52. The van der Waals surface area contributed by atoms with Crippen molar-refractivity contribution >= 4 is 35.5 Å². The van der Waals surface area contributed by atoms with E-state index in [4.69, 9.17) is 21.7 Å². The van der Waals surface area contributed by atoms with Crippen LogP contribution in [0, 0.1) is 6.92 Å². The van der Waals surface area contributed by atoms with Crippen LogP contribution >= 0.6 is 12.2 Å². The fraction of sp³-hybridized carbons (Fsp3) is 0.188. The topological polar surface area (TPSA) is 50.7 Å². The lowest BCUT2D eigenvalue weighted by Gasteiger charge is -2.15. The van der Waals surface area contributed by atoms with Gasteiger partial charge in [-0.2, -0.15) is 0 Å². The molecule has 2 aromatic carbocycles. The standard InChI is InChI=1S/C16H18BNO3S/c1-11-12(17(2)19)7-6-8-13(11)18-16(22)21-15-10-5-4-9-14(15)20-3/h4-10,19H,1-3H3,(H,18,22). The summed E-state index contributed by atoms with van der Waals surface area (Å²) in [5.74, 6) is 1.16. The van der Waals surface area contributed by atoms with Crippen molar-refractivity contribution in [2.45, 2.75) is 13.7 Å². The quantitative estimate of drug-likeness (QED) is 0.671. The largest absolute Gasteiger partial charge is 0.493 e. The van der Waals surface area contributed by atoms with Crippen LogP contribution in [-0.2, 0) is 0 Å². The van der Waals surface area contributed by atoms with E-state index in [0.717, 1.165) is 16.7 Å². The Morgan fingerprint density at radius 2 is 1.82 bits per heavy atom. The van der Waals surface area contributed by atoms with Crippen LogP contribution in [0.5, 0.6) is 11.5 Å². The van der Waals surface area contributed by atoms with Crippen molar-refractivity contribution in [3.05, 3.63) is 48.0 Å². The van der Waals surface area contributed by atoms with Gasteiger partial charge in [-0.3, -0.25) is 0 Å². The van der Waals surface area contributed by atoms with E-state index in [2.05, 4.69) is 5.32 Å². The second-order valence-electron chi connectivity index (χ2n) is 4.86. The van der Waals surface area contributed by atoms with Crippen molar-refractivity contribution in [1.82, 2.24) is 0 Å². The second kappa shape index (κ2) is 7.29. The Labute approximate surface area is 136 Å². The average molecular weight is 315 g/mol. The summed E-state index contributed by atoms with van der Waals surface area (Å²) in [6.45, 7) is 3.12. The van der Waals surface area contributed by atoms with Crippen LogP contribution in [0.25, 0.3) is 0 Å². The Morgan fingerprint density at radius 3 is 2.45 bits per heavy atom. The molecule has 2 N–H and O–H groups in total. The number of benzene rings is 2. The summed E-state index contributed by atoms with van der Waals surface area (Å²) >= 11 is 5.24. The van der Waals surface area contributed by atoms with Crippen molar-refractivity contribution in [2.24, 2.45) is 0 Å². The van der Waals surface area contributed by atoms with Crippen molar-refractivity contribution < 1.29 is 14.5 Å². The maximum atomic E-state index is 9.76. The van der Waals surface area contributed by atoms with Crippen LogP contribution in [0.4, 0.5) is 5.69 Å². The Kier molecular flexibility index (Phi) is 5.41. The minimum absolute atomic E-state index is 0.218. The van der Waals surface area contributed by atoms with Gasteiger partial charge in [0, 0.05) is 5.69 Å². The molecule has 0 aliphatic carbocycles. The fourth-order valence-electron chi connectivity index (χ4n) is 2.18. The predicted molar refractivity (Wildman–Crippen MR) is 94.5 cm³/mol.